The van der Waals surface area contributed by atoms with E-state index in [-0.39, 0.29) is 67.2 Å². The molecular formula is C42H46F3N11O6. The van der Waals surface area contributed by atoms with Crippen molar-refractivity contribution in [3.63, 3.8) is 0 Å². The van der Waals surface area contributed by atoms with Gasteiger partial charge in [0.2, 0.25) is 11.7 Å². The fourth-order valence-electron chi connectivity index (χ4n) is 7.74. The van der Waals surface area contributed by atoms with Crippen LogP contribution in [0.15, 0.2) is 91.4 Å². The third-order valence-corrected chi connectivity index (χ3v) is 10.8. The van der Waals surface area contributed by atoms with Gasteiger partial charge in [0.15, 0.2) is 17.6 Å². The quantitative estimate of drug-likeness (QED) is 0.0660. The fourth-order valence-corrected chi connectivity index (χ4v) is 7.74. The van der Waals surface area contributed by atoms with Gasteiger partial charge in [-0.25, -0.2) is 29.5 Å². The van der Waals surface area contributed by atoms with Crippen LogP contribution < -0.4 is 31.5 Å². The lowest BCUT2D eigenvalue weighted by Gasteiger charge is -2.24. The van der Waals surface area contributed by atoms with Crippen molar-refractivity contribution in [1.29, 1.82) is 0 Å². The standard InChI is InChI=1S/C42H46F3N11O6/c1-2-32(57)52-29-21-30(34(58)35(29)62-40(60)42(43,44)45)56-24-50-33-36(49-22-28(25-11-5-3-6-12-25)26-13-7-4-8-14-26)53-37(54-38(33)56)39(59)47-18-19-48-41(61)51-27-16-20-55(23-27)31-15-9-10-17-46-31/h3-15,17,24,27-30,34-35,58H,2,16,18-23H2,1H3,(H,47,59)(H,52,57)(H2,48,51,61)(H,49,53,54)/t27-,29+,30-,34+,35-/m1/s1. The number of imidazole rings is 1. The molecule has 5 aromatic rings. The molecule has 2 aromatic carbocycles. The number of hydrogen-bond acceptors (Lipinski definition) is 12. The summed E-state index contributed by atoms with van der Waals surface area (Å²) >= 11 is 0. The Hall–Kier alpha value is -6.83. The van der Waals surface area contributed by atoms with E-state index < -0.39 is 54.3 Å². The molecule has 0 spiro atoms. The molecule has 7 rings (SSSR count). The summed E-state index contributed by atoms with van der Waals surface area (Å²) in [6.45, 7) is 3.20. The number of benzene rings is 2. The molecule has 2 aliphatic rings. The van der Waals surface area contributed by atoms with Crippen molar-refractivity contribution < 1.29 is 42.2 Å². The first-order valence-electron chi connectivity index (χ1n) is 20.2. The number of carbonyl (C=O) groups is 4. The molecule has 3 aromatic heterocycles. The number of fused-ring (bicyclic) bond motifs is 1. The van der Waals surface area contributed by atoms with Crippen LogP contribution in [0.4, 0.5) is 29.6 Å². The zero-order valence-corrected chi connectivity index (χ0v) is 33.6. The normalized spacial score (nSPS) is 19.9. The number of rotatable bonds is 15. The number of aliphatic hydroxyl groups excluding tert-OH is 1. The van der Waals surface area contributed by atoms with Crippen LogP contribution in [0.3, 0.4) is 0 Å². The van der Waals surface area contributed by atoms with Gasteiger partial charge in [-0.1, -0.05) is 73.7 Å². The van der Waals surface area contributed by atoms with Gasteiger partial charge in [0.05, 0.1) is 18.4 Å². The highest BCUT2D eigenvalue weighted by Crippen LogP contribution is 2.37. The van der Waals surface area contributed by atoms with Gasteiger partial charge in [-0.2, -0.15) is 13.2 Å². The van der Waals surface area contributed by atoms with Gasteiger partial charge < -0.3 is 45.9 Å². The van der Waals surface area contributed by atoms with Gasteiger partial charge in [0, 0.05) is 57.3 Å². The number of nitrogens with zero attached hydrogens (tertiary/aromatic N) is 6. The monoisotopic (exact) mass is 857 g/mol. The second-order valence-electron chi connectivity index (χ2n) is 14.9. The molecule has 1 saturated carbocycles. The topological polar surface area (TPSA) is 218 Å². The van der Waals surface area contributed by atoms with Gasteiger partial charge in [-0.05, 0) is 36.1 Å². The minimum Gasteiger partial charge on any atom is -0.451 e. The van der Waals surface area contributed by atoms with E-state index in [4.69, 9.17) is 4.74 Å². The van der Waals surface area contributed by atoms with Gasteiger partial charge >= 0.3 is 18.2 Å². The van der Waals surface area contributed by atoms with Crippen molar-refractivity contribution in [3.05, 3.63) is 108 Å². The first kappa shape index (κ1) is 43.3. The number of pyridine rings is 1. The number of ether oxygens (including phenoxy) is 1. The van der Waals surface area contributed by atoms with Crippen molar-refractivity contribution in [2.75, 3.05) is 42.9 Å². The molecular weight excluding hydrogens is 812 g/mol. The highest BCUT2D eigenvalue weighted by molar-refractivity contribution is 5.94. The molecule has 6 N–H and O–H groups in total. The highest BCUT2D eigenvalue weighted by atomic mass is 19.4. The molecule has 326 valence electrons. The zero-order valence-electron chi connectivity index (χ0n) is 33.6. The van der Waals surface area contributed by atoms with Gasteiger partial charge in [-0.3, -0.25) is 9.59 Å². The van der Waals surface area contributed by atoms with Crippen molar-refractivity contribution in [2.24, 2.45) is 0 Å². The summed E-state index contributed by atoms with van der Waals surface area (Å²) in [5.74, 6) is -3.31. The fraction of sp³-hybridized carbons (Fsp3) is 0.381. The Morgan fingerprint density at radius 2 is 1.60 bits per heavy atom. The number of aliphatic hydroxyl groups is 1. The number of carbonyl (C=O) groups excluding carboxylic acids is 4. The van der Waals surface area contributed by atoms with Crippen LogP contribution in [0.1, 0.15) is 59.9 Å². The summed E-state index contributed by atoms with van der Waals surface area (Å²) < 4.78 is 46.1. The number of nitrogens with one attached hydrogen (secondary N) is 5. The SMILES string of the molecule is CCC(=O)N[C@H]1C[C@@H](n2cnc3c(NCC(c4ccccc4)c4ccccc4)nc(C(=O)NCCNC(=O)N[C@@H]4CCN(c5ccccn5)C4)nc32)[C@H](O)[C@@H]1OC(=O)C(F)(F)F. The Morgan fingerprint density at radius 3 is 2.26 bits per heavy atom. The Kier molecular flexibility index (Phi) is 13.4. The van der Waals surface area contributed by atoms with Gasteiger partial charge in [0.25, 0.3) is 5.91 Å². The van der Waals surface area contributed by atoms with E-state index in [1.54, 1.807) is 6.20 Å². The molecule has 1 aliphatic carbocycles. The lowest BCUT2D eigenvalue weighted by molar-refractivity contribution is -0.209. The molecule has 4 heterocycles. The van der Waals surface area contributed by atoms with Crippen molar-refractivity contribution in [1.82, 2.24) is 45.8 Å². The Morgan fingerprint density at radius 1 is 0.903 bits per heavy atom. The van der Waals surface area contributed by atoms with E-state index in [0.29, 0.717) is 6.54 Å². The number of anilines is 2. The molecule has 0 radical (unpaired) electrons. The summed E-state index contributed by atoms with van der Waals surface area (Å²) in [7, 11) is 0. The molecule has 0 bridgehead atoms. The highest BCUT2D eigenvalue weighted by Gasteiger charge is 2.51. The van der Waals surface area contributed by atoms with Crippen LogP contribution in [0.25, 0.3) is 11.2 Å². The maximum Gasteiger partial charge on any atom is 0.490 e. The average molecular weight is 858 g/mol. The number of hydrogen-bond donors (Lipinski definition) is 6. The smallest absolute Gasteiger partial charge is 0.451 e. The van der Waals surface area contributed by atoms with E-state index in [0.717, 1.165) is 29.9 Å². The van der Waals surface area contributed by atoms with Gasteiger partial charge in [-0.15, -0.1) is 0 Å². The molecule has 17 nitrogen and oxygen atoms in total. The summed E-state index contributed by atoms with van der Waals surface area (Å²) in [6.07, 6.45) is -5.36. The molecule has 0 unspecified atom stereocenters. The van der Waals surface area contributed by atoms with Crippen LogP contribution in [-0.2, 0) is 14.3 Å². The second-order valence-corrected chi connectivity index (χ2v) is 14.9. The molecule has 62 heavy (non-hydrogen) atoms. The largest absolute Gasteiger partial charge is 0.490 e. The van der Waals surface area contributed by atoms with E-state index in [1.165, 1.54) is 17.8 Å². The number of alkyl halides is 3. The predicted octanol–water partition coefficient (Wildman–Crippen LogP) is 3.45. The minimum absolute atomic E-state index is 0.00309. The molecule has 5 atom stereocenters. The number of amides is 4. The summed E-state index contributed by atoms with van der Waals surface area (Å²) in [4.78, 5) is 70.8. The summed E-state index contributed by atoms with van der Waals surface area (Å²) in [6, 6.07) is 22.2. The van der Waals surface area contributed by atoms with Crippen LogP contribution in [0.2, 0.25) is 0 Å². The van der Waals surface area contributed by atoms with E-state index in [2.05, 4.69) is 51.4 Å². The first-order chi connectivity index (χ1) is 29.9. The van der Waals surface area contributed by atoms with E-state index >= 15 is 0 Å². The van der Waals surface area contributed by atoms with Gasteiger partial charge in [0.1, 0.15) is 17.4 Å². The Labute approximate surface area is 353 Å². The third-order valence-electron chi connectivity index (χ3n) is 10.8. The molecule has 1 saturated heterocycles. The minimum atomic E-state index is -5.36. The van der Waals surface area contributed by atoms with Crippen LogP contribution in [-0.4, -0.2) is 117 Å². The maximum absolute atomic E-state index is 13.7. The second kappa shape index (κ2) is 19.3. The third kappa shape index (κ3) is 10.2. The number of halogens is 3. The lowest BCUT2D eigenvalue weighted by atomic mass is 9.91. The average Bonchev–Trinajstić information content (AvgIpc) is 4.00. The van der Waals surface area contributed by atoms with Crippen molar-refractivity contribution in [2.45, 2.75) is 68.6 Å². The molecule has 4 amide bonds. The summed E-state index contributed by atoms with van der Waals surface area (Å²) in [5, 5.41) is 25.7. The zero-order chi connectivity index (χ0) is 43.8. The van der Waals surface area contributed by atoms with Crippen LogP contribution in [0.5, 0.6) is 0 Å². The first-order valence-corrected chi connectivity index (χ1v) is 20.2. The summed E-state index contributed by atoms with van der Waals surface area (Å²) in [5.41, 5.74) is 2.18. The number of aromatic nitrogens is 5. The lowest BCUT2D eigenvalue weighted by Crippen LogP contribution is -2.47. The Balaban J connectivity index is 1.11. The van der Waals surface area contributed by atoms with E-state index in [1.807, 2.05) is 78.9 Å². The molecule has 20 heteroatoms. The number of urea groups is 1. The van der Waals surface area contributed by atoms with Crippen molar-refractivity contribution >= 4 is 46.6 Å². The molecule has 1 aliphatic heterocycles. The molecule has 2 fully saturated rings. The van der Waals surface area contributed by atoms with E-state index in [9.17, 15) is 37.5 Å². The maximum atomic E-state index is 13.7. The predicted molar refractivity (Wildman–Crippen MR) is 220 cm³/mol. The number of esters is 1. The van der Waals surface area contributed by atoms with Crippen molar-refractivity contribution in [3.8, 4) is 0 Å². The Bertz CT molecular complexity index is 2300. The van der Waals surface area contributed by atoms with Crippen LogP contribution >= 0.6 is 0 Å². The van der Waals surface area contributed by atoms with Crippen LogP contribution in [0, 0.1) is 0 Å².